The summed E-state index contributed by atoms with van der Waals surface area (Å²) in [7, 11) is 0. The number of rotatable bonds is 7. The van der Waals surface area contributed by atoms with Crippen LogP contribution in [-0.4, -0.2) is 18.5 Å². The Kier molecular flexibility index (Phi) is 7.80. The summed E-state index contributed by atoms with van der Waals surface area (Å²) in [6.45, 7) is 1.96. The molecule has 1 atom stereocenters. The number of halogens is 3. The number of nitrogens with two attached hydrogens (primary N) is 1. The largest absolute Gasteiger partial charge is 0.462 e. The topological polar surface area (TPSA) is 64.3 Å². The second kappa shape index (κ2) is 9.34. The molecule has 7 heteroatoms. The van der Waals surface area contributed by atoms with Crippen LogP contribution in [0.5, 0.6) is 0 Å². The standard InChI is InChI=1S/C18H20F2N2O2.ClH/c1-2-24-17(23)18(19,20)16(21)14-8-10-15(11-9-14)22-12-13-6-4-3-5-7-13;/h3-11,16,22H,2,12,21H2,1H3;1H/t16-;/m1./s1. The van der Waals surface area contributed by atoms with Crippen molar-refractivity contribution in [3.8, 4) is 0 Å². The van der Waals surface area contributed by atoms with Crippen molar-refractivity contribution in [2.45, 2.75) is 25.4 Å². The number of hydrogen-bond acceptors (Lipinski definition) is 4. The van der Waals surface area contributed by atoms with Gasteiger partial charge in [0.1, 0.15) is 6.04 Å². The van der Waals surface area contributed by atoms with E-state index in [1.807, 2.05) is 30.3 Å². The molecule has 0 unspecified atom stereocenters. The Morgan fingerprint density at radius 1 is 1.16 bits per heavy atom. The minimum atomic E-state index is -3.77. The second-order valence-corrected chi connectivity index (χ2v) is 5.28. The van der Waals surface area contributed by atoms with Crippen molar-refractivity contribution in [2.24, 2.45) is 5.73 Å². The number of carbonyl (C=O) groups excluding carboxylic acids is 1. The van der Waals surface area contributed by atoms with E-state index in [0.29, 0.717) is 6.54 Å². The zero-order valence-electron chi connectivity index (χ0n) is 13.7. The highest BCUT2D eigenvalue weighted by Gasteiger charge is 2.47. The van der Waals surface area contributed by atoms with Crippen LogP contribution in [0.4, 0.5) is 14.5 Å². The zero-order chi connectivity index (χ0) is 17.6. The summed E-state index contributed by atoms with van der Waals surface area (Å²) < 4.78 is 32.3. The maximum atomic E-state index is 13.9. The first-order valence-electron chi connectivity index (χ1n) is 7.63. The molecule has 2 aromatic rings. The van der Waals surface area contributed by atoms with Crippen molar-refractivity contribution in [3.05, 3.63) is 65.7 Å². The third-order valence-electron chi connectivity index (χ3n) is 3.55. The Balaban J connectivity index is 0.00000312. The summed E-state index contributed by atoms with van der Waals surface area (Å²) in [5.74, 6) is -5.38. The van der Waals surface area contributed by atoms with Crippen LogP contribution < -0.4 is 11.1 Å². The van der Waals surface area contributed by atoms with Crippen LogP contribution in [0.2, 0.25) is 0 Å². The summed E-state index contributed by atoms with van der Waals surface area (Å²) in [5.41, 5.74) is 7.59. The van der Waals surface area contributed by atoms with Gasteiger partial charge in [0.2, 0.25) is 0 Å². The van der Waals surface area contributed by atoms with Gasteiger partial charge in [-0.2, -0.15) is 8.78 Å². The van der Waals surface area contributed by atoms with Crippen molar-refractivity contribution >= 4 is 24.1 Å². The van der Waals surface area contributed by atoms with Gasteiger partial charge in [0.15, 0.2) is 0 Å². The Morgan fingerprint density at radius 3 is 2.32 bits per heavy atom. The molecule has 0 heterocycles. The molecule has 0 saturated carbocycles. The van der Waals surface area contributed by atoms with Crippen LogP contribution >= 0.6 is 12.4 Å². The first-order chi connectivity index (χ1) is 11.4. The van der Waals surface area contributed by atoms with Crippen molar-refractivity contribution in [3.63, 3.8) is 0 Å². The molecule has 2 aromatic carbocycles. The quantitative estimate of drug-likeness (QED) is 0.725. The molecule has 136 valence electrons. The van der Waals surface area contributed by atoms with Gasteiger partial charge in [-0.25, -0.2) is 4.79 Å². The lowest BCUT2D eigenvalue weighted by atomic mass is 10.0. The van der Waals surface area contributed by atoms with Crippen LogP contribution in [0.25, 0.3) is 0 Å². The fourth-order valence-electron chi connectivity index (χ4n) is 2.17. The zero-order valence-corrected chi connectivity index (χ0v) is 14.6. The van der Waals surface area contributed by atoms with Gasteiger partial charge in [-0.05, 0) is 30.2 Å². The molecule has 4 nitrogen and oxygen atoms in total. The molecule has 0 radical (unpaired) electrons. The van der Waals surface area contributed by atoms with Gasteiger partial charge < -0.3 is 15.8 Å². The molecule has 0 saturated heterocycles. The van der Waals surface area contributed by atoms with Crippen molar-refractivity contribution in [1.82, 2.24) is 0 Å². The second-order valence-electron chi connectivity index (χ2n) is 5.28. The third kappa shape index (κ3) is 5.41. The normalized spacial score (nSPS) is 12.0. The molecule has 0 aromatic heterocycles. The Bertz CT molecular complexity index is 667. The maximum Gasteiger partial charge on any atom is 0.379 e. The van der Waals surface area contributed by atoms with Crippen molar-refractivity contribution < 1.29 is 18.3 Å². The summed E-state index contributed by atoms with van der Waals surface area (Å²) in [4.78, 5) is 11.3. The van der Waals surface area contributed by atoms with E-state index in [1.165, 1.54) is 19.1 Å². The summed E-state index contributed by atoms with van der Waals surface area (Å²) >= 11 is 0. The lowest BCUT2D eigenvalue weighted by molar-refractivity contribution is -0.174. The SMILES string of the molecule is CCOC(=O)C(F)(F)[C@H](N)c1ccc(NCc2ccccc2)cc1.Cl. The predicted molar refractivity (Wildman–Crippen MR) is 96.0 cm³/mol. The highest BCUT2D eigenvalue weighted by Crippen LogP contribution is 2.31. The van der Waals surface area contributed by atoms with E-state index in [-0.39, 0.29) is 24.6 Å². The lowest BCUT2D eigenvalue weighted by Gasteiger charge is -2.22. The molecule has 0 fully saturated rings. The van der Waals surface area contributed by atoms with Crippen LogP contribution in [0.1, 0.15) is 24.1 Å². The number of esters is 1. The number of anilines is 1. The Morgan fingerprint density at radius 2 is 1.76 bits per heavy atom. The molecule has 25 heavy (non-hydrogen) atoms. The van der Waals surface area contributed by atoms with Gasteiger partial charge >= 0.3 is 11.9 Å². The number of nitrogens with one attached hydrogen (secondary N) is 1. The summed E-state index contributed by atoms with van der Waals surface area (Å²) in [5, 5.41) is 3.19. The smallest absolute Gasteiger partial charge is 0.379 e. The van der Waals surface area contributed by atoms with E-state index in [9.17, 15) is 13.6 Å². The highest BCUT2D eigenvalue weighted by molar-refractivity contribution is 5.85. The van der Waals surface area contributed by atoms with Crippen LogP contribution in [0, 0.1) is 0 Å². The van der Waals surface area contributed by atoms with Crippen LogP contribution in [0.3, 0.4) is 0 Å². The number of hydrogen-bond donors (Lipinski definition) is 2. The average molecular weight is 371 g/mol. The number of carbonyl (C=O) groups is 1. The predicted octanol–water partition coefficient (Wildman–Crippen LogP) is 3.92. The molecule has 2 rings (SSSR count). The number of ether oxygens (including phenoxy) is 1. The maximum absolute atomic E-state index is 13.9. The van der Waals surface area contributed by atoms with E-state index in [2.05, 4.69) is 10.1 Å². The molecule has 3 N–H and O–H groups in total. The fourth-order valence-corrected chi connectivity index (χ4v) is 2.17. The van der Waals surface area contributed by atoms with Gasteiger partial charge in [0, 0.05) is 12.2 Å². The molecular formula is C18H21ClF2N2O2. The van der Waals surface area contributed by atoms with Crippen LogP contribution in [-0.2, 0) is 16.1 Å². The minimum absolute atomic E-state index is 0. The van der Waals surface area contributed by atoms with Crippen molar-refractivity contribution in [1.29, 1.82) is 0 Å². The fraction of sp³-hybridized carbons (Fsp3) is 0.278. The number of benzene rings is 2. The molecule has 0 bridgehead atoms. The summed E-state index contributed by atoms with van der Waals surface area (Å²) in [6.07, 6.45) is 0. The highest BCUT2D eigenvalue weighted by atomic mass is 35.5. The molecule has 0 aliphatic rings. The molecule has 0 aliphatic carbocycles. The van der Waals surface area contributed by atoms with Gasteiger partial charge in [-0.15, -0.1) is 12.4 Å². The van der Waals surface area contributed by atoms with E-state index < -0.39 is 17.9 Å². The van der Waals surface area contributed by atoms with Gasteiger partial charge in [-0.1, -0.05) is 42.5 Å². The molecule has 0 amide bonds. The van der Waals surface area contributed by atoms with Gasteiger partial charge in [0.05, 0.1) is 6.61 Å². The van der Waals surface area contributed by atoms with E-state index in [0.717, 1.165) is 11.3 Å². The number of alkyl halides is 2. The monoisotopic (exact) mass is 370 g/mol. The first-order valence-corrected chi connectivity index (χ1v) is 7.63. The third-order valence-corrected chi connectivity index (χ3v) is 3.55. The molecule has 0 aliphatic heterocycles. The van der Waals surface area contributed by atoms with Gasteiger partial charge in [-0.3, -0.25) is 0 Å². The van der Waals surface area contributed by atoms with Crippen molar-refractivity contribution in [2.75, 3.05) is 11.9 Å². The van der Waals surface area contributed by atoms with Gasteiger partial charge in [0.25, 0.3) is 0 Å². The Labute approximate surface area is 151 Å². The average Bonchev–Trinajstić information content (AvgIpc) is 2.61. The lowest BCUT2D eigenvalue weighted by Crippen LogP contribution is -2.41. The Hall–Kier alpha value is -2.18. The van der Waals surface area contributed by atoms with Crippen LogP contribution in [0.15, 0.2) is 54.6 Å². The molecular weight excluding hydrogens is 350 g/mol. The first kappa shape index (κ1) is 20.9. The van der Waals surface area contributed by atoms with E-state index >= 15 is 0 Å². The minimum Gasteiger partial charge on any atom is -0.462 e. The van der Waals surface area contributed by atoms with E-state index in [4.69, 9.17) is 5.73 Å². The summed E-state index contributed by atoms with van der Waals surface area (Å²) in [6, 6.07) is 14.3. The molecule has 0 spiro atoms. The van der Waals surface area contributed by atoms with E-state index in [1.54, 1.807) is 12.1 Å².